The third-order valence-corrected chi connectivity index (χ3v) is 2.81. The molecule has 0 fully saturated rings. The lowest BCUT2D eigenvalue weighted by molar-refractivity contribution is -0.123. The molecule has 0 spiro atoms. The van der Waals surface area contributed by atoms with Crippen LogP contribution in [-0.4, -0.2) is 30.1 Å². The van der Waals surface area contributed by atoms with Crippen molar-refractivity contribution in [2.24, 2.45) is 5.73 Å². The Bertz CT molecular complexity index is 587. The predicted molar refractivity (Wildman–Crippen MR) is 82.9 cm³/mol. The molecule has 22 heavy (non-hydrogen) atoms. The van der Waals surface area contributed by atoms with Gasteiger partial charge in [0.15, 0.2) is 6.61 Å². The van der Waals surface area contributed by atoms with Crippen LogP contribution in [0.1, 0.15) is 6.92 Å². The number of aromatic nitrogens is 1. The van der Waals surface area contributed by atoms with E-state index in [4.69, 9.17) is 15.2 Å². The molecule has 6 nitrogen and oxygen atoms in total. The number of hydrogen-bond donors (Lipinski definition) is 2. The van der Waals surface area contributed by atoms with Crippen LogP contribution in [0.15, 0.2) is 48.7 Å². The van der Waals surface area contributed by atoms with Crippen LogP contribution in [0.25, 0.3) is 0 Å². The summed E-state index contributed by atoms with van der Waals surface area (Å²) in [6.07, 6.45) is 1.66. The smallest absolute Gasteiger partial charge is 0.258 e. The van der Waals surface area contributed by atoms with Gasteiger partial charge in [0.25, 0.3) is 5.91 Å². The molecule has 0 saturated heterocycles. The van der Waals surface area contributed by atoms with Crippen LogP contribution in [0.5, 0.6) is 17.4 Å². The summed E-state index contributed by atoms with van der Waals surface area (Å²) in [7, 11) is 0. The molecule has 1 amide bonds. The number of carbonyl (C=O) groups is 1. The maximum atomic E-state index is 11.6. The third kappa shape index (κ3) is 5.06. The molecule has 0 aliphatic carbocycles. The second kappa shape index (κ2) is 7.99. The summed E-state index contributed by atoms with van der Waals surface area (Å²) in [4.78, 5) is 15.6. The summed E-state index contributed by atoms with van der Waals surface area (Å²) in [5.74, 6) is 1.55. The molecule has 1 heterocycles. The van der Waals surface area contributed by atoms with Gasteiger partial charge in [0.2, 0.25) is 5.88 Å². The number of carbonyl (C=O) groups excluding carboxylic acids is 1. The van der Waals surface area contributed by atoms with Crippen molar-refractivity contribution in [2.45, 2.75) is 13.0 Å². The highest BCUT2D eigenvalue weighted by molar-refractivity contribution is 5.77. The molecule has 1 aromatic heterocycles. The van der Waals surface area contributed by atoms with Gasteiger partial charge in [-0.3, -0.25) is 4.79 Å². The van der Waals surface area contributed by atoms with Crippen molar-refractivity contribution >= 4 is 5.91 Å². The maximum absolute atomic E-state index is 11.6. The average Bonchev–Trinajstić information content (AvgIpc) is 2.55. The average molecular weight is 301 g/mol. The van der Waals surface area contributed by atoms with Crippen molar-refractivity contribution < 1.29 is 14.3 Å². The van der Waals surface area contributed by atoms with E-state index in [0.717, 1.165) is 0 Å². The standard InChI is InChI=1S/C16H19N3O3/c1-12(10-17)19-15(20)11-21-13-5-7-14(8-6-13)22-16-4-2-3-9-18-16/h2-9,12H,10-11,17H2,1H3,(H,19,20)/t12-/m0/s1. The zero-order valence-electron chi connectivity index (χ0n) is 12.4. The molecule has 2 aromatic rings. The highest BCUT2D eigenvalue weighted by Crippen LogP contribution is 2.22. The van der Waals surface area contributed by atoms with E-state index >= 15 is 0 Å². The highest BCUT2D eigenvalue weighted by atomic mass is 16.5. The van der Waals surface area contributed by atoms with E-state index in [-0.39, 0.29) is 18.6 Å². The minimum Gasteiger partial charge on any atom is -0.484 e. The Morgan fingerprint density at radius 1 is 1.23 bits per heavy atom. The summed E-state index contributed by atoms with van der Waals surface area (Å²) >= 11 is 0. The Hall–Kier alpha value is -2.60. The maximum Gasteiger partial charge on any atom is 0.258 e. The Morgan fingerprint density at radius 2 is 1.95 bits per heavy atom. The molecule has 2 rings (SSSR count). The second-order valence-electron chi connectivity index (χ2n) is 4.73. The number of nitrogens with zero attached hydrogens (tertiary/aromatic N) is 1. The van der Waals surface area contributed by atoms with Crippen LogP contribution >= 0.6 is 0 Å². The van der Waals surface area contributed by atoms with Crippen molar-refractivity contribution in [3.05, 3.63) is 48.7 Å². The normalized spacial score (nSPS) is 11.5. The van der Waals surface area contributed by atoms with Gasteiger partial charge >= 0.3 is 0 Å². The van der Waals surface area contributed by atoms with Crippen LogP contribution in [0.2, 0.25) is 0 Å². The Balaban J connectivity index is 1.83. The zero-order chi connectivity index (χ0) is 15.8. The van der Waals surface area contributed by atoms with Crippen LogP contribution < -0.4 is 20.5 Å². The summed E-state index contributed by atoms with van der Waals surface area (Å²) in [5.41, 5.74) is 5.43. The van der Waals surface area contributed by atoms with Crippen LogP contribution in [0.4, 0.5) is 0 Å². The van der Waals surface area contributed by atoms with E-state index < -0.39 is 0 Å². The molecule has 0 aliphatic rings. The minimum absolute atomic E-state index is 0.0508. The van der Waals surface area contributed by atoms with Crippen molar-refractivity contribution in [2.75, 3.05) is 13.2 Å². The minimum atomic E-state index is -0.202. The fourth-order valence-corrected chi connectivity index (χ4v) is 1.66. The van der Waals surface area contributed by atoms with Crippen molar-refractivity contribution in [3.8, 4) is 17.4 Å². The molecule has 3 N–H and O–H groups in total. The summed E-state index contributed by atoms with van der Waals surface area (Å²) in [6.45, 7) is 2.18. The van der Waals surface area contributed by atoms with Gasteiger partial charge in [0, 0.05) is 24.8 Å². The lowest BCUT2D eigenvalue weighted by atomic mass is 10.3. The number of hydrogen-bond acceptors (Lipinski definition) is 5. The third-order valence-electron chi connectivity index (χ3n) is 2.81. The molecular formula is C16H19N3O3. The van der Waals surface area contributed by atoms with Gasteiger partial charge in [0.1, 0.15) is 11.5 Å². The van der Waals surface area contributed by atoms with Gasteiger partial charge < -0.3 is 20.5 Å². The Kier molecular flexibility index (Phi) is 5.73. The van der Waals surface area contributed by atoms with Crippen molar-refractivity contribution in [1.82, 2.24) is 10.3 Å². The molecule has 0 saturated carbocycles. The first-order valence-corrected chi connectivity index (χ1v) is 6.98. The van der Waals surface area contributed by atoms with Gasteiger partial charge in [-0.2, -0.15) is 0 Å². The number of benzene rings is 1. The number of rotatable bonds is 7. The van der Waals surface area contributed by atoms with E-state index in [1.54, 1.807) is 36.5 Å². The van der Waals surface area contributed by atoms with Gasteiger partial charge in [-0.25, -0.2) is 4.98 Å². The van der Waals surface area contributed by atoms with Gasteiger partial charge in [-0.15, -0.1) is 0 Å². The molecule has 1 aromatic carbocycles. The number of amides is 1. The van der Waals surface area contributed by atoms with E-state index in [2.05, 4.69) is 10.3 Å². The first-order chi connectivity index (χ1) is 10.7. The van der Waals surface area contributed by atoms with E-state index in [9.17, 15) is 4.79 Å². The van der Waals surface area contributed by atoms with Crippen LogP contribution in [0, 0.1) is 0 Å². The number of nitrogens with one attached hydrogen (secondary N) is 1. The number of pyridine rings is 1. The molecule has 1 atom stereocenters. The van der Waals surface area contributed by atoms with Crippen molar-refractivity contribution in [1.29, 1.82) is 0 Å². The monoisotopic (exact) mass is 301 g/mol. The Labute approximate surface area is 129 Å². The summed E-state index contributed by atoms with van der Waals surface area (Å²) in [6, 6.07) is 12.4. The molecule has 116 valence electrons. The van der Waals surface area contributed by atoms with Crippen molar-refractivity contribution in [3.63, 3.8) is 0 Å². The highest BCUT2D eigenvalue weighted by Gasteiger charge is 2.06. The summed E-state index contributed by atoms with van der Waals surface area (Å²) < 4.78 is 11.0. The molecule has 0 unspecified atom stereocenters. The topological polar surface area (TPSA) is 86.5 Å². The van der Waals surface area contributed by atoms with E-state index in [1.807, 2.05) is 19.1 Å². The molecule has 0 radical (unpaired) electrons. The largest absolute Gasteiger partial charge is 0.484 e. The lowest BCUT2D eigenvalue weighted by Crippen LogP contribution is -2.40. The molecule has 6 heteroatoms. The SMILES string of the molecule is C[C@@H](CN)NC(=O)COc1ccc(Oc2ccccn2)cc1. The zero-order valence-corrected chi connectivity index (χ0v) is 12.4. The predicted octanol–water partition coefficient (Wildman–Crippen LogP) is 1.72. The van der Waals surface area contributed by atoms with E-state index in [1.165, 1.54) is 0 Å². The second-order valence-corrected chi connectivity index (χ2v) is 4.73. The molecule has 0 aliphatic heterocycles. The quantitative estimate of drug-likeness (QED) is 0.813. The summed E-state index contributed by atoms with van der Waals surface area (Å²) in [5, 5.41) is 2.72. The van der Waals surface area contributed by atoms with E-state index in [0.29, 0.717) is 23.9 Å². The Morgan fingerprint density at radius 3 is 2.59 bits per heavy atom. The lowest BCUT2D eigenvalue weighted by Gasteiger charge is -2.12. The van der Waals surface area contributed by atoms with Gasteiger partial charge in [-0.1, -0.05) is 6.07 Å². The molecular weight excluding hydrogens is 282 g/mol. The van der Waals surface area contributed by atoms with Gasteiger partial charge in [0.05, 0.1) is 0 Å². The first kappa shape index (κ1) is 15.8. The van der Waals surface area contributed by atoms with Crippen LogP contribution in [0.3, 0.4) is 0 Å². The number of nitrogens with two attached hydrogens (primary N) is 1. The fraction of sp³-hybridized carbons (Fsp3) is 0.250. The number of ether oxygens (including phenoxy) is 2. The fourth-order valence-electron chi connectivity index (χ4n) is 1.66. The van der Waals surface area contributed by atoms with Crippen LogP contribution in [-0.2, 0) is 4.79 Å². The van der Waals surface area contributed by atoms with Gasteiger partial charge in [-0.05, 0) is 37.3 Å². The first-order valence-electron chi connectivity index (χ1n) is 6.98. The molecule has 0 bridgehead atoms.